The van der Waals surface area contributed by atoms with Crippen LogP contribution in [-0.4, -0.2) is 23.0 Å². The van der Waals surface area contributed by atoms with Gasteiger partial charge < -0.3 is 0 Å². The van der Waals surface area contributed by atoms with Crippen molar-refractivity contribution in [3.63, 3.8) is 0 Å². The highest BCUT2D eigenvalue weighted by molar-refractivity contribution is 5.93. The second kappa shape index (κ2) is 3.87. The van der Waals surface area contributed by atoms with E-state index in [4.69, 9.17) is 0 Å². The van der Waals surface area contributed by atoms with E-state index in [1.165, 1.54) is 0 Å². The van der Waals surface area contributed by atoms with Gasteiger partial charge in [0.05, 0.1) is 7.05 Å². The molecular weight excluding hydrogens is 184 g/mol. The lowest BCUT2D eigenvalue weighted by Gasteiger charge is -2.06. The Labute approximate surface area is 81.1 Å². The fraction of sp³-hybridized carbons (Fsp3) is 0.222. The Morgan fingerprint density at radius 1 is 1.36 bits per heavy atom. The molecule has 0 bridgehead atoms. The molecule has 5 nitrogen and oxygen atoms in total. The highest BCUT2D eigenvalue weighted by Crippen LogP contribution is 2.05. The van der Waals surface area contributed by atoms with E-state index in [2.05, 4.69) is 0 Å². The average Bonchev–Trinajstić information content (AvgIpc) is 2.16. The zero-order valence-corrected chi connectivity index (χ0v) is 7.93. The first-order chi connectivity index (χ1) is 6.52. The summed E-state index contributed by atoms with van der Waals surface area (Å²) in [5.74, 6) is -0.616. The Morgan fingerprint density at radius 3 is 2.29 bits per heavy atom. The van der Waals surface area contributed by atoms with Gasteiger partial charge in [-0.25, -0.2) is 10.1 Å². The zero-order valence-electron chi connectivity index (χ0n) is 7.93. The van der Waals surface area contributed by atoms with Gasteiger partial charge in [-0.2, -0.15) is 0 Å². The number of hydrogen-bond donors (Lipinski definition) is 0. The van der Waals surface area contributed by atoms with E-state index in [0.717, 1.165) is 12.6 Å². The maximum absolute atomic E-state index is 11.4. The SMILES string of the molecule is Cc1ccc(C(=O)N(C)[N+](=O)[O-])cc1. The molecule has 1 rings (SSSR count). The Morgan fingerprint density at radius 2 is 1.86 bits per heavy atom. The van der Waals surface area contributed by atoms with Gasteiger partial charge >= 0.3 is 5.91 Å². The molecule has 1 aromatic rings. The number of carbonyl (C=O) groups excluding carboxylic acids is 1. The smallest absolute Gasteiger partial charge is 0.263 e. The lowest BCUT2D eigenvalue weighted by Crippen LogP contribution is -2.32. The van der Waals surface area contributed by atoms with Crippen molar-refractivity contribution in [1.82, 2.24) is 5.01 Å². The van der Waals surface area contributed by atoms with Gasteiger partial charge in [0.2, 0.25) is 0 Å². The first kappa shape index (κ1) is 10.2. The Hall–Kier alpha value is -1.91. The fourth-order valence-electron chi connectivity index (χ4n) is 0.957. The molecular formula is C9H10N2O3. The molecule has 1 amide bonds. The molecule has 0 fully saturated rings. The molecule has 14 heavy (non-hydrogen) atoms. The van der Waals surface area contributed by atoms with Crippen LogP contribution in [-0.2, 0) is 0 Å². The predicted molar refractivity (Wildman–Crippen MR) is 50.3 cm³/mol. The van der Waals surface area contributed by atoms with Crippen molar-refractivity contribution in [2.24, 2.45) is 0 Å². The maximum atomic E-state index is 11.4. The van der Waals surface area contributed by atoms with Crippen LogP contribution < -0.4 is 0 Å². The largest absolute Gasteiger partial charge is 0.313 e. The van der Waals surface area contributed by atoms with Gasteiger partial charge in [0, 0.05) is 5.56 Å². The van der Waals surface area contributed by atoms with Crippen LogP contribution in [0.3, 0.4) is 0 Å². The van der Waals surface area contributed by atoms with E-state index in [-0.39, 0.29) is 0 Å². The molecule has 0 aliphatic rings. The molecule has 0 atom stereocenters. The lowest BCUT2D eigenvalue weighted by atomic mass is 10.1. The summed E-state index contributed by atoms with van der Waals surface area (Å²) in [7, 11) is 1.13. The highest BCUT2D eigenvalue weighted by Gasteiger charge is 2.19. The van der Waals surface area contributed by atoms with Crippen LogP contribution in [0.15, 0.2) is 24.3 Å². The number of aryl methyl sites for hydroxylation is 1. The van der Waals surface area contributed by atoms with E-state index in [9.17, 15) is 14.9 Å². The van der Waals surface area contributed by atoms with Crippen LogP contribution in [0.25, 0.3) is 0 Å². The minimum absolute atomic E-state index is 0.315. The highest BCUT2D eigenvalue weighted by atomic mass is 16.7. The van der Waals surface area contributed by atoms with Gasteiger partial charge in [-0.05, 0) is 19.1 Å². The van der Waals surface area contributed by atoms with Crippen LogP contribution in [0, 0.1) is 17.0 Å². The van der Waals surface area contributed by atoms with Gasteiger partial charge in [-0.15, -0.1) is 0 Å². The summed E-state index contributed by atoms with van der Waals surface area (Å²) in [5, 5.41) is 10.0. The second-order valence-electron chi connectivity index (χ2n) is 2.93. The number of rotatable bonds is 2. The molecule has 74 valence electrons. The first-order valence-electron chi connectivity index (χ1n) is 4.01. The second-order valence-corrected chi connectivity index (χ2v) is 2.93. The van der Waals surface area contributed by atoms with Gasteiger partial charge in [0.25, 0.3) is 0 Å². The van der Waals surface area contributed by atoms with E-state index in [1.54, 1.807) is 24.3 Å². The van der Waals surface area contributed by atoms with Crippen molar-refractivity contribution in [2.75, 3.05) is 7.05 Å². The topological polar surface area (TPSA) is 63.5 Å². The minimum atomic E-state index is -0.748. The van der Waals surface area contributed by atoms with Crippen molar-refractivity contribution in [2.45, 2.75) is 6.92 Å². The Bertz CT molecular complexity index is 359. The molecule has 0 saturated carbocycles. The van der Waals surface area contributed by atoms with E-state index in [1.807, 2.05) is 6.92 Å². The average molecular weight is 194 g/mol. The molecule has 0 radical (unpaired) electrons. The van der Waals surface area contributed by atoms with Crippen LogP contribution >= 0.6 is 0 Å². The minimum Gasteiger partial charge on any atom is -0.263 e. The zero-order chi connectivity index (χ0) is 10.7. The quantitative estimate of drug-likeness (QED) is 0.526. The lowest BCUT2D eigenvalue weighted by molar-refractivity contribution is -0.625. The van der Waals surface area contributed by atoms with Crippen molar-refractivity contribution >= 4 is 5.91 Å². The standard InChI is InChI=1S/C9H10N2O3/c1-7-3-5-8(6-4-7)9(12)10(2)11(13)14/h3-6H,1-2H3. The first-order valence-corrected chi connectivity index (χ1v) is 4.01. The van der Waals surface area contributed by atoms with Crippen LogP contribution in [0.5, 0.6) is 0 Å². The summed E-state index contributed by atoms with van der Waals surface area (Å²) < 4.78 is 0. The number of benzene rings is 1. The summed E-state index contributed by atoms with van der Waals surface area (Å²) in [6, 6.07) is 6.61. The van der Waals surface area contributed by atoms with E-state index < -0.39 is 10.9 Å². The Balaban J connectivity index is 2.90. The molecule has 0 aliphatic heterocycles. The summed E-state index contributed by atoms with van der Waals surface area (Å²) >= 11 is 0. The predicted octanol–water partition coefficient (Wildman–Crippen LogP) is 1.26. The molecule has 0 unspecified atom stereocenters. The summed E-state index contributed by atoms with van der Waals surface area (Å²) in [6.07, 6.45) is 0. The van der Waals surface area contributed by atoms with Gasteiger partial charge in [-0.1, -0.05) is 22.7 Å². The van der Waals surface area contributed by atoms with Crippen LogP contribution in [0.2, 0.25) is 0 Å². The fourth-order valence-corrected chi connectivity index (χ4v) is 0.957. The van der Waals surface area contributed by atoms with Crippen molar-refractivity contribution in [3.8, 4) is 0 Å². The summed E-state index contributed by atoms with van der Waals surface area (Å²) in [6.45, 7) is 1.88. The molecule has 0 spiro atoms. The summed E-state index contributed by atoms with van der Waals surface area (Å²) in [5.41, 5.74) is 1.32. The van der Waals surface area contributed by atoms with Crippen LogP contribution in [0.4, 0.5) is 0 Å². The van der Waals surface area contributed by atoms with Gasteiger partial charge in [-0.3, -0.25) is 4.79 Å². The van der Waals surface area contributed by atoms with E-state index >= 15 is 0 Å². The molecule has 1 aromatic carbocycles. The van der Waals surface area contributed by atoms with Crippen molar-refractivity contribution < 1.29 is 9.83 Å². The van der Waals surface area contributed by atoms with Gasteiger partial charge in [0.15, 0.2) is 5.03 Å². The Kier molecular flexibility index (Phi) is 2.81. The molecule has 0 N–H and O–H groups in total. The van der Waals surface area contributed by atoms with Crippen LogP contribution in [0.1, 0.15) is 15.9 Å². The molecule has 0 heterocycles. The number of carbonyl (C=O) groups is 1. The number of hydrazine groups is 1. The third-order valence-corrected chi connectivity index (χ3v) is 1.84. The van der Waals surface area contributed by atoms with Crippen molar-refractivity contribution in [1.29, 1.82) is 0 Å². The molecule has 5 heteroatoms. The molecule has 0 aliphatic carbocycles. The number of hydrogen-bond acceptors (Lipinski definition) is 3. The maximum Gasteiger partial charge on any atom is 0.313 e. The number of nitro groups is 1. The third-order valence-electron chi connectivity index (χ3n) is 1.84. The van der Waals surface area contributed by atoms with E-state index in [0.29, 0.717) is 10.6 Å². The third kappa shape index (κ3) is 2.07. The van der Waals surface area contributed by atoms with Crippen molar-refractivity contribution in [3.05, 3.63) is 45.5 Å². The summed E-state index contributed by atoms with van der Waals surface area (Å²) in [4.78, 5) is 21.7. The number of nitrogens with zero attached hydrogens (tertiary/aromatic N) is 2. The monoisotopic (exact) mass is 194 g/mol. The normalized spacial score (nSPS) is 9.57. The number of amides is 1. The molecule has 0 aromatic heterocycles. The van der Waals surface area contributed by atoms with Gasteiger partial charge in [0.1, 0.15) is 0 Å². The molecule has 0 saturated heterocycles.